The number of carbonyl (C=O) groups is 2. The molecule has 1 aromatic heterocycles. The Morgan fingerprint density at radius 3 is 2.69 bits per heavy atom. The molecule has 2 atom stereocenters. The first kappa shape index (κ1) is 30.1. The number of nitrogens with one attached hydrogen (secondary N) is 2. The summed E-state index contributed by atoms with van der Waals surface area (Å²) < 4.78 is 1.93. The number of hydrogen-bond donors (Lipinski definition) is 2. The van der Waals surface area contributed by atoms with Crippen molar-refractivity contribution >= 4 is 29.3 Å². The molecule has 0 saturated heterocycles. The van der Waals surface area contributed by atoms with E-state index in [4.69, 9.17) is 0 Å². The Morgan fingerprint density at radius 2 is 2.03 bits per heavy atom. The van der Waals surface area contributed by atoms with E-state index in [0.29, 0.717) is 22.9 Å². The second kappa shape index (κ2) is 14.6. The number of pyridine rings is 1. The summed E-state index contributed by atoms with van der Waals surface area (Å²) in [6.45, 7) is 9.78. The summed E-state index contributed by atoms with van der Waals surface area (Å²) in [4.78, 5) is 33.6. The Labute approximate surface area is 257 Å². The fourth-order valence-electron chi connectivity index (χ4n) is 3.66. The fraction of sp³-hybridized carbons (Fsp3) is 0.357. The molecule has 0 saturated carbocycles. The average Bonchev–Trinajstić information content (AvgIpc) is 2.83. The maximum atomic E-state index is 13.0. The number of hydrogen-bond acceptors (Lipinski definition) is 5. The molecule has 7 nitrogen and oxygen atoms in total. The molecular weight excluding hydrogens is 477 g/mol. The van der Waals surface area contributed by atoms with Gasteiger partial charge in [-0.15, -0.1) is 6.20 Å². The quantitative estimate of drug-likeness (QED) is 0.158. The largest absolute Gasteiger partial charge is 1.00 e. The standard InChI is InChI=1S/C28H34N5O2.K/c1-6-19(2)10-11-23-14-24(16-31-27(23)21(4)34)28(35)32-25-9-7-8-22(15-25)20(3)29-12-13-30-26-17-33(5)18-26;/h7-9,13-20,29H,6,10-11H2,1-5H3,(H,32,35);/q-1;+1. The van der Waals surface area contributed by atoms with Crippen molar-refractivity contribution in [3.63, 3.8) is 0 Å². The molecule has 2 N–H and O–H groups in total. The van der Waals surface area contributed by atoms with Crippen LogP contribution in [0, 0.1) is 18.7 Å². The number of nitrogens with zero attached hydrogens (tertiary/aromatic N) is 3. The average molecular weight is 512 g/mol. The minimum atomic E-state index is -0.254. The van der Waals surface area contributed by atoms with Gasteiger partial charge in [0.1, 0.15) is 12.7 Å². The minimum absolute atomic E-state index is 0. The number of ketones is 1. The zero-order chi connectivity index (χ0) is 25.4. The van der Waals surface area contributed by atoms with Crippen LogP contribution in [0.15, 0.2) is 47.7 Å². The van der Waals surface area contributed by atoms with Gasteiger partial charge in [0.05, 0.1) is 24.0 Å². The normalized spacial score (nSPS) is 15.2. The number of anilines is 1. The number of carbonyl (C=O) groups excluding carboxylic acids is 2. The van der Waals surface area contributed by atoms with Crippen molar-refractivity contribution in [2.75, 3.05) is 12.4 Å². The number of amides is 1. The molecule has 0 bridgehead atoms. The van der Waals surface area contributed by atoms with Crippen molar-refractivity contribution < 1.29 is 65.5 Å². The first-order chi connectivity index (χ1) is 16.8. The van der Waals surface area contributed by atoms with Gasteiger partial charge >= 0.3 is 51.4 Å². The van der Waals surface area contributed by atoms with Crippen LogP contribution in [-0.4, -0.2) is 40.2 Å². The number of benzene rings is 1. The first-order valence-electron chi connectivity index (χ1n) is 12.0. The van der Waals surface area contributed by atoms with E-state index in [1.54, 1.807) is 12.3 Å². The Hall–Kier alpha value is -2.10. The molecule has 1 aliphatic heterocycles. The second-order valence-corrected chi connectivity index (χ2v) is 9.04. The molecule has 2 unspecified atom stereocenters. The monoisotopic (exact) mass is 511 g/mol. The topological polar surface area (TPSA) is 86.5 Å². The van der Waals surface area contributed by atoms with E-state index < -0.39 is 0 Å². The predicted octanol–water partition coefficient (Wildman–Crippen LogP) is 1.77. The fourth-order valence-corrected chi connectivity index (χ4v) is 3.66. The van der Waals surface area contributed by atoms with Gasteiger partial charge in [-0.2, -0.15) is 0 Å². The van der Waals surface area contributed by atoms with Gasteiger partial charge < -0.3 is 26.4 Å². The van der Waals surface area contributed by atoms with Gasteiger partial charge in [-0.3, -0.25) is 14.6 Å². The van der Waals surface area contributed by atoms with Gasteiger partial charge in [0, 0.05) is 24.8 Å². The van der Waals surface area contributed by atoms with E-state index in [9.17, 15) is 9.59 Å². The summed E-state index contributed by atoms with van der Waals surface area (Å²) in [5.74, 6) is 0.205. The summed E-state index contributed by atoms with van der Waals surface area (Å²) in [6.07, 6.45) is 10.7. The summed E-state index contributed by atoms with van der Waals surface area (Å²) in [5, 5.41) is 6.12. The van der Waals surface area contributed by atoms with Crippen LogP contribution in [-0.2, 0) is 6.42 Å². The molecule has 0 spiro atoms. The molecule has 2 heterocycles. The predicted molar refractivity (Wildman–Crippen MR) is 140 cm³/mol. The Kier molecular flexibility index (Phi) is 12.2. The van der Waals surface area contributed by atoms with Crippen LogP contribution >= 0.6 is 0 Å². The SMILES string of the molecule is CCC(C)CCc1cc(C(=O)Nc2cccc(C(C)N[C-]=CN=C3C=[N+](C)[CH-]3)c2)cnc1C(C)=O.[K+]. The van der Waals surface area contributed by atoms with Gasteiger partial charge in [0.15, 0.2) is 5.78 Å². The van der Waals surface area contributed by atoms with Crippen molar-refractivity contribution in [3.8, 4) is 0 Å². The minimum Gasteiger partial charge on any atom is -0.560 e. The molecule has 0 fully saturated rings. The molecule has 3 rings (SSSR count). The number of Topliss-reactive ketones (excluding diaryl/α,β-unsaturated/α-hetero) is 1. The number of aromatic nitrogens is 1. The third kappa shape index (κ3) is 8.78. The van der Waals surface area contributed by atoms with Crippen LogP contribution in [0.1, 0.15) is 78.6 Å². The van der Waals surface area contributed by atoms with Crippen LogP contribution in [0.4, 0.5) is 5.69 Å². The van der Waals surface area contributed by atoms with E-state index in [1.165, 1.54) is 13.1 Å². The molecule has 0 aliphatic carbocycles. The molecule has 8 heteroatoms. The van der Waals surface area contributed by atoms with Crippen LogP contribution in [0.3, 0.4) is 0 Å². The van der Waals surface area contributed by atoms with E-state index >= 15 is 0 Å². The number of rotatable bonds is 11. The Bertz CT molecular complexity index is 1170. The number of aliphatic imine (C=N–C) groups is 1. The molecule has 36 heavy (non-hydrogen) atoms. The van der Waals surface area contributed by atoms with Crippen LogP contribution < -0.4 is 62.0 Å². The zero-order valence-corrected chi connectivity index (χ0v) is 25.3. The van der Waals surface area contributed by atoms with E-state index in [1.807, 2.05) is 55.6 Å². The van der Waals surface area contributed by atoms with Crippen molar-refractivity contribution in [3.05, 3.63) is 77.9 Å². The molecule has 1 amide bonds. The number of aryl methyl sites for hydroxylation is 1. The second-order valence-electron chi connectivity index (χ2n) is 9.04. The van der Waals surface area contributed by atoms with Crippen molar-refractivity contribution in [2.45, 2.75) is 53.0 Å². The van der Waals surface area contributed by atoms with E-state index in [-0.39, 0.29) is 69.1 Å². The summed E-state index contributed by atoms with van der Waals surface area (Å²) in [6, 6.07) is 9.43. The van der Waals surface area contributed by atoms with Crippen LogP contribution in [0.2, 0.25) is 0 Å². The van der Waals surface area contributed by atoms with Gasteiger partial charge in [-0.05, 0) is 55.0 Å². The Morgan fingerprint density at radius 1 is 1.28 bits per heavy atom. The van der Waals surface area contributed by atoms with Crippen LogP contribution in [0.5, 0.6) is 0 Å². The molecular formula is C28H34KN5O2. The summed E-state index contributed by atoms with van der Waals surface area (Å²) in [5.41, 5.74) is 4.29. The summed E-state index contributed by atoms with van der Waals surface area (Å²) >= 11 is 0. The van der Waals surface area contributed by atoms with Gasteiger partial charge in [-0.25, -0.2) is 0 Å². The molecule has 2 aromatic rings. The zero-order valence-electron chi connectivity index (χ0n) is 22.1. The molecule has 0 radical (unpaired) electrons. The first-order valence-corrected chi connectivity index (χ1v) is 12.0. The van der Waals surface area contributed by atoms with Gasteiger partial charge in [0.25, 0.3) is 5.91 Å². The smallest absolute Gasteiger partial charge is 0.560 e. The molecule has 1 aromatic carbocycles. The van der Waals surface area contributed by atoms with Crippen molar-refractivity contribution in [1.29, 1.82) is 0 Å². The van der Waals surface area contributed by atoms with Crippen LogP contribution in [0.25, 0.3) is 0 Å². The maximum Gasteiger partial charge on any atom is 1.00 e. The van der Waals surface area contributed by atoms with E-state index in [0.717, 1.165) is 36.1 Å². The molecule has 184 valence electrons. The van der Waals surface area contributed by atoms with Crippen molar-refractivity contribution in [1.82, 2.24) is 10.3 Å². The van der Waals surface area contributed by atoms with Crippen molar-refractivity contribution in [2.24, 2.45) is 10.9 Å². The Balaban J connectivity index is 0.00000456. The maximum absolute atomic E-state index is 13.0. The summed E-state index contributed by atoms with van der Waals surface area (Å²) in [7, 11) is 1.95. The molecule has 1 aliphatic rings. The third-order valence-electron chi connectivity index (χ3n) is 6.06. The van der Waals surface area contributed by atoms with Gasteiger partial charge in [0.2, 0.25) is 0 Å². The van der Waals surface area contributed by atoms with Gasteiger partial charge in [-0.1, -0.05) is 32.4 Å². The van der Waals surface area contributed by atoms with E-state index in [2.05, 4.69) is 40.7 Å². The third-order valence-corrected chi connectivity index (χ3v) is 6.06.